The lowest BCUT2D eigenvalue weighted by Gasteiger charge is -2.09. The van der Waals surface area contributed by atoms with Gasteiger partial charge in [-0.2, -0.15) is 0 Å². The maximum absolute atomic E-state index is 12.1. The number of phenols is 1. The number of anilines is 1. The van der Waals surface area contributed by atoms with Crippen LogP contribution < -0.4 is 10.1 Å². The SMILES string of the molecule is CCOc1cccc(NC(=O)c2cccc(C)c2O)c1. The number of aromatic hydroxyl groups is 1. The summed E-state index contributed by atoms with van der Waals surface area (Å²) in [5.74, 6) is 0.351. The predicted molar refractivity (Wildman–Crippen MR) is 78.4 cm³/mol. The minimum atomic E-state index is -0.347. The zero-order valence-electron chi connectivity index (χ0n) is 11.5. The second-order valence-electron chi connectivity index (χ2n) is 4.39. The summed E-state index contributed by atoms with van der Waals surface area (Å²) in [6.07, 6.45) is 0. The van der Waals surface area contributed by atoms with Gasteiger partial charge in [0.25, 0.3) is 5.91 Å². The number of carbonyl (C=O) groups excluding carboxylic acids is 1. The molecule has 0 unspecified atom stereocenters. The summed E-state index contributed by atoms with van der Waals surface area (Å²) in [5.41, 5.74) is 1.55. The van der Waals surface area contributed by atoms with E-state index in [1.165, 1.54) is 0 Å². The second kappa shape index (κ2) is 6.10. The van der Waals surface area contributed by atoms with Gasteiger partial charge in [0.15, 0.2) is 0 Å². The van der Waals surface area contributed by atoms with Gasteiger partial charge in [0.2, 0.25) is 0 Å². The largest absolute Gasteiger partial charge is 0.507 e. The Morgan fingerprint density at radius 3 is 2.75 bits per heavy atom. The molecule has 2 aromatic rings. The van der Waals surface area contributed by atoms with Crippen molar-refractivity contribution in [3.8, 4) is 11.5 Å². The van der Waals surface area contributed by atoms with Gasteiger partial charge in [-0.05, 0) is 37.6 Å². The molecule has 4 heteroatoms. The zero-order chi connectivity index (χ0) is 14.5. The van der Waals surface area contributed by atoms with Gasteiger partial charge in [-0.1, -0.05) is 18.2 Å². The lowest BCUT2D eigenvalue weighted by atomic mass is 10.1. The molecular weight excluding hydrogens is 254 g/mol. The summed E-state index contributed by atoms with van der Waals surface area (Å²) in [6.45, 7) is 4.22. The van der Waals surface area contributed by atoms with Crippen LogP contribution in [0.4, 0.5) is 5.69 Å². The summed E-state index contributed by atoms with van der Waals surface area (Å²) < 4.78 is 5.38. The average molecular weight is 271 g/mol. The van der Waals surface area contributed by atoms with Gasteiger partial charge in [-0.15, -0.1) is 0 Å². The zero-order valence-corrected chi connectivity index (χ0v) is 11.5. The van der Waals surface area contributed by atoms with Crippen molar-refractivity contribution in [1.29, 1.82) is 0 Å². The molecule has 104 valence electrons. The van der Waals surface area contributed by atoms with Crippen LogP contribution in [0.15, 0.2) is 42.5 Å². The molecule has 2 aromatic carbocycles. The maximum atomic E-state index is 12.1. The van der Waals surface area contributed by atoms with Crippen molar-refractivity contribution in [2.24, 2.45) is 0 Å². The van der Waals surface area contributed by atoms with E-state index in [-0.39, 0.29) is 17.2 Å². The van der Waals surface area contributed by atoms with Gasteiger partial charge in [0.1, 0.15) is 11.5 Å². The fourth-order valence-corrected chi connectivity index (χ4v) is 1.87. The highest BCUT2D eigenvalue weighted by atomic mass is 16.5. The van der Waals surface area contributed by atoms with Crippen molar-refractivity contribution in [2.75, 3.05) is 11.9 Å². The lowest BCUT2D eigenvalue weighted by Crippen LogP contribution is -2.12. The molecule has 0 aromatic heterocycles. The Hall–Kier alpha value is -2.49. The monoisotopic (exact) mass is 271 g/mol. The quantitative estimate of drug-likeness (QED) is 0.896. The molecule has 4 nitrogen and oxygen atoms in total. The highest BCUT2D eigenvalue weighted by Crippen LogP contribution is 2.23. The number of amides is 1. The van der Waals surface area contributed by atoms with Crippen LogP contribution in [0.1, 0.15) is 22.8 Å². The molecule has 0 aliphatic carbocycles. The Morgan fingerprint density at radius 1 is 1.25 bits per heavy atom. The summed E-state index contributed by atoms with van der Waals surface area (Å²) >= 11 is 0. The third kappa shape index (κ3) is 3.09. The molecule has 2 N–H and O–H groups in total. The molecular formula is C16H17NO3. The topological polar surface area (TPSA) is 58.6 Å². The number of aryl methyl sites for hydroxylation is 1. The molecule has 0 aliphatic rings. The van der Waals surface area contributed by atoms with Crippen LogP contribution in [0.3, 0.4) is 0 Å². The fourth-order valence-electron chi connectivity index (χ4n) is 1.87. The molecule has 0 fully saturated rings. The van der Waals surface area contributed by atoms with Gasteiger partial charge < -0.3 is 15.2 Å². The van der Waals surface area contributed by atoms with Gasteiger partial charge in [-0.3, -0.25) is 4.79 Å². The number of hydrogen-bond acceptors (Lipinski definition) is 3. The first-order valence-corrected chi connectivity index (χ1v) is 6.44. The van der Waals surface area contributed by atoms with Crippen molar-refractivity contribution >= 4 is 11.6 Å². The number of hydrogen-bond donors (Lipinski definition) is 2. The first-order valence-electron chi connectivity index (χ1n) is 6.44. The molecule has 20 heavy (non-hydrogen) atoms. The van der Waals surface area contributed by atoms with Crippen LogP contribution in [0.2, 0.25) is 0 Å². The number of rotatable bonds is 4. The Morgan fingerprint density at radius 2 is 2.00 bits per heavy atom. The molecule has 0 radical (unpaired) electrons. The van der Waals surface area contributed by atoms with Gasteiger partial charge in [0, 0.05) is 11.8 Å². The van der Waals surface area contributed by atoms with E-state index in [1.54, 1.807) is 43.3 Å². The van der Waals surface area contributed by atoms with E-state index < -0.39 is 0 Å². The maximum Gasteiger partial charge on any atom is 0.259 e. The van der Waals surface area contributed by atoms with Gasteiger partial charge in [0.05, 0.1) is 12.2 Å². The van der Waals surface area contributed by atoms with Gasteiger partial charge >= 0.3 is 0 Å². The summed E-state index contributed by atoms with van der Waals surface area (Å²) in [6, 6.07) is 12.2. The summed E-state index contributed by atoms with van der Waals surface area (Å²) in [5, 5.41) is 12.6. The van der Waals surface area contributed by atoms with Crippen molar-refractivity contribution in [2.45, 2.75) is 13.8 Å². The molecule has 0 saturated heterocycles. The van der Waals surface area contributed by atoms with Crippen LogP contribution in [0.5, 0.6) is 11.5 Å². The standard InChI is InChI=1S/C16H17NO3/c1-3-20-13-8-5-7-12(10-13)17-16(19)14-9-4-6-11(2)15(14)18/h4-10,18H,3H2,1-2H3,(H,17,19). The Kier molecular flexibility index (Phi) is 4.25. The number of benzene rings is 2. The van der Waals surface area contributed by atoms with E-state index in [0.29, 0.717) is 23.6 Å². The summed E-state index contributed by atoms with van der Waals surface area (Å²) in [4.78, 5) is 12.1. The van der Waals surface area contributed by atoms with E-state index >= 15 is 0 Å². The molecule has 1 amide bonds. The van der Waals surface area contributed by atoms with E-state index in [0.717, 1.165) is 0 Å². The van der Waals surface area contributed by atoms with E-state index in [2.05, 4.69) is 5.32 Å². The number of ether oxygens (including phenoxy) is 1. The third-order valence-electron chi connectivity index (χ3n) is 2.89. The Balaban J connectivity index is 2.19. The van der Waals surface area contributed by atoms with Crippen molar-refractivity contribution in [3.63, 3.8) is 0 Å². The summed E-state index contributed by atoms with van der Waals surface area (Å²) in [7, 11) is 0. The smallest absolute Gasteiger partial charge is 0.259 e. The minimum absolute atomic E-state index is 0.00552. The average Bonchev–Trinajstić information content (AvgIpc) is 2.42. The normalized spacial score (nSPS) is 10.1. The highest BCUT2D eigenvalue weighted by Gasteiger charge is 2.12. The molecule has 2 rings (SSSR count). The first kappa shape index (κ1) is 13.9. The number of carbonyl (C=O) groups is 1. The van der Waals surface area contributed by atoms with Crippen LogP contribution in [0, 0.1) is 6.92 Å². The first-order chi connectivity index (χ1) is 9.61. The van der Waals surface area contributed by atoms with E-state index in [4.69, 9.17) is 4.74 Å². The molecule has 0 bridgehead atoms. The molecule has 0 saturated carbocycles. The van der Waals surface area contributed by atoms with Crippen LogP contribution in [0.25, 0.3) is 0 Å². The Bertz CT molecular complexity index is 623. The lowest BCUT2D eigenvalue weighted by molar-refractivity contribution is 0.102. The number of nitrogens with one attached hydrogen (secondary N) is 1. The molecule has 0 atom stereocenters. The van der Waals surface area contributed by atoms with Crippen LogP contribution in [-0.2, 0) is 0 Å². The highest BCUT2D eigenvalue weighted by molar-refractivity contribution is 6.06. The van der Waals surface area contributed by atoms with Crippen LogP contribution >= 0.6 is 0 Å². The Labute approximate surface area is 118 Å². The third-order valence-corrected chi connectivity index (χ3v) is 2.89. The van der Waals surface area contributed by atoms with Crippen molar-refractivity contribution < 1.29 is 14.6 Å². The van der Waals surface area contributed by atoms with Crippen molar-refractivity contribution in [3.05, 3.63) is 53.6 Å². The van der Waals surface area contributed by atoms with E-state index in [1.807, 2.05) is 13.0 Å². The van der Waals surface area contributed by atoms with Crippen molar-refractivity contribution in [1.82, 2.24) is 0 Å². The minimum Gasteiger partial charge on any atom is -0.507 e. The number of phenolic OH excluding ortho intramolecular Hbond substituents is 1. The fraction of sp³-hybridized carbons (Fsp3) is 0.188. The predicted octanol–water partition coefficient (Wildman–Crippen LogP) is 3.35. The van der Waals surface area contributed by atoms with Crippen LogP contribution in [-0.4, -0.2) is 17.6 Å². The molecule has 0 heterocycles. The second-order valence-corrected chi connectivity index (χ2v) is 4.39. The number of para-hydroxylation sites is 1. The van der Waals surface area contributed by atoms with Gasteiger partial charge in [-0.25, -0.2) is 0 Å². The van der Waals surface area contributed by atoms with E-state index in [9.17, 15) is 9.90 Å². The molecule has 0 aliphatic heterocycles. The molecule has 0 spiro atoms.